The molecular formula is C13H16FN3. The van der Waals surface area contributed by atoms with E-state index in [0.29, 0.717) is 5.69 Å². The molecule has 17 heavy (non-hydrogen) atoms. The zero-order valence-electron chi connectivity index (χ0n) is 9.86. The maximum atomic E-state index is 13.6. The minimum Gasteiger partial charge on any atom is -0.320 e. The Balaban J connectivity index is 2.22. The number of hydrogen-bond donors (Lipinski definition) is 1. The van der Waals surface area contributed by atoms with E-state index in [2.05, 4.69) is 10.4 Å². The van der Waals surface area contributed by atoms with Crippen LogP contribution in [-0.4, -0.2) is 23.4 Å². The molecule has 0 aliphatic rings. The van der Waals surface area contributed by atoms with E-state index in [0.717, 1.165) is 25.1 Å². The molecule has 2 aromatic rings. The van der Waals surface area contributed by atoms with Crippen molar-refractivity contribution in [2.24, 2.45) is 0 Å². The van der Waals surface area contributed by atoms with E-state index >= 15 is 0 Å². The van der Waals surface area contributed by atoms with Gasteiger partial charge in [-0.25, -0.2) is 9.07 Å². The van der Waals surface area contributed by atoms with Gasteiger partial charge >= 0.3 is 0 Å². The van der Waals surface area contributed by atoms with Crippen LogP contribution in [0.4, 0.5) is 4.39 Å². The first-order valence-electron chi connectivity index (χ1n) is 5.75. The molecule has 0 atom stereocenters. The van der Waals surface area contributed by atoms with Crippen LogP contribution in [-0.2, 0) is 6.42 Å². The number of para-hydroxylation sites is 1. The molecule has 1 N–H and O–H groups in total. The van der Waals surface area contributed by atoms with Crippen molar-refractivity contribution >= 4 is 0 Å². The summed E-state index contributed by atoms with van der Waals surface area (Å²) in [6.45, 7) is 0.947. The Labute approximate surface area is 100 Å². The highest BCUT2D eigenvalue weighted by Crippen LogP contribution is 2.15. The molecule has 1 aromatic heterocycles. The number of aromatic nitrogens is 2. The van der Waals surface area contributed by atoms with Crippen LogP contribution in [0.5, 0.6) is 0 Å². The van der Waals surface area contributed by atoms with Crippen molar-refractivity contribution < 1.29 is 4.39 Å². The zero-order chi connectivity index (χ0) is 12.1. The zero-order valence-corrected chi connectivity index (χ0v) is 9.86. The smallest absolute Gasteiger partial charge is 0.148 e. The molecule has 2 rings (SSSR count). The van der Waals surface area contributed by atoms with Crippen LogP contribution in [0.1, 0.15) is 12.1 Å². The topological polar surface area (TPSA) is 29.9 Å². The first-order valence-corrected chi connectivity index (χ1v) is 5.75. The molecule has 0 saturated heterocycles. The highest BCUT2D eigenvalue weighted by atomic mass is 19.1. The summed E-state index contributed by atoms with van der Waals surface area (Å²) >= 11 is 0. The predicted octanol–water partition coefficient (Wildman–Crippen LogP) is 2.16. The summed E-state index contributed by atoms with van der Waals surface area (Å²) in [5.74, 6) is -0.244. The number of rotatable bonds is 5. The largest absolute Gasteiger partial charge is 0.320 e. The molecule has 0 saturated carbocycles. The Bertz CT molecular complexity index is 479. The molecule has 0 unspecified atom stereocenters. The van der Waals surface area contributed by atoms with E-state index in [1.807, 2.05) is 19.2 Å². The fraction of sp³-hybridized carbons (Fsp3) is 0.308. The van der Waals surface area contributed by atoms with Crippen LogP contribution < -0.4 is 5.32 Å². The third-order valence-corrected chi connectivity index (χ3v) is 2.66. The third-order valence-electron chi connectivity index (χ3n) is 2.66. The SMILES string of the molecule is CNCCCc1ccnn1-c1ccccc1F. The lowest BCUT2D eigenvalue weighted by molar-refractivity contribution is 0.603. The summed E-state index contributed by atoms with van der Waals surface area (Å²) in [5.41, 5.74) is 1.54. The van der Waals surface area contributed by atoms with Crippen molar-refractivity contribution in [3.63, 3.8) is 0 Å². The highest BCUT2D eigenvalue weighted by molar-refractivity contribution is 5.34. The molecule has 90 valence electrons. The molecular weight excluding hydrogens is 217 g/mol. The molecule has 0 bridgehead atoms. The first kappa shape index (κ1) is 11.8. The summed E-state index contributed by atoms with van der Waals surface area (Å²) in [6.07, 6.45) is 3.60. The van der Waals surface area contributed by atoms with E-state index in [4.69, 9.17) is 0 Å². The van der Waals surface area contributed by atoms with Crippen molar-refractivity contribution in [3.05, 3.63) is 48.0 Å². The minimum absolute atomic E-state index is 0.244. The van der Waals surface area contributed by atoms with E-state index in [1.54, 1.807) is 23.0 Å². The molecule has 1 aromatic carbocycles. The second kappa shape index (κ2) is 5.59. The third kappa shape index (κ3) is 2.71. The lowest BCUT2D eigenvalue weighted by atomic mass is 10.2. The van der Waals surface area contributed by atoms with E-state index in [1.165, 1.54) is 6.07 Å². The summed E-state index contributed by atoms with van der Waals surface area (Å²) in [6, 6.07) is 8.63. The van der Waals surface area contributed by atoms with Crippen molar-refractivity contribution in [2.75, 3.05) is 13.6 Å². The van der Waals surface area contributed by atoms with Gasteiger partial charge in [-0.15, -0.1) is 0 Å². The van der Waals surface area contributed by atoms with Gasteiger partial charge in [-0.3, -0.25) is 0 Å². The summed E-state index contributed by atoms with van der Waals surface area (Å²) in [4.78, 5) is 0. The van der Waals surface area contributed by atoms with Crippen molar-refractivity contribution in [1.29, 1.82) is 0 Å². The molecule has 4 heteroatoms. The van der Waals surface area contributed by atoms with Gasteiger partial charge in [0.15, 0.2) is 0 Å². The lowest BCUT2D eigenvalue weighted by Crippen LogP contribution is -2.10. The van der Waals surface area contributed by atoms with Gasteiger partial charge in [0.05, 0.1) is 0 Å². The van der Waals surface area contributed by atoms with Crippen LogP contribution in [0.3, 0.4) is 0 Å². The second-order valence-corrected chi connectivity index (χ2v) is 3.89. The molecule has 0 amide bonds. The van der Waals surface area contributed by atoms with Crippen LogP contribution in [0.25, 0.3) is 5.69 Å². The predicted molar refractivity (Wildman–Crippen MR) is 65.8 cm³/mol. The average molecular weight is 233 g/mol. The Hall–Kier alpha value is -1.68. The molecule has 0 radical (unpaired) electrons. The molecule has 3 nitrogen and oxygen atoms in total. The maximum absolute atomic E-state index is 13.6. The van der Waals surface area contributed by atoms with Crippen LogP contribution >= 0.6 is 0 Å². The van der Waals surface area contributed by atoms with Gasteiger partial charge in [0, 0.05) is 11.9 Å². The standard InChI is InChI=1S/C13H16FN3/c1-15-9-4-5-11-8-10-16-17(11)13-7-3-2-6-12(13)14/h2-3,6-8,10,15H,4-5,9H2,1H3. The molecule has 0 fully saturated rings. The summed E-state index contributed by atoms with van der Waals surface area (Å²) in [5, 5.41) is 7.28. The molecule has 0 spiro atoms. The molecule has 1 heterocycles. The van der Waals surface area contributed by atoms with Crippen molar-refractivity contribution in [2.45, 2.75) is 12.8 Å². The first-order chi connectivity index (χ1) is 8.33. The van der Waals surface area contributed by atoms with E-state index in [9.17, 15) is 4.39 Å². The van der Waals surface area contributed by atoms with Crippen LogP contribution in [0.15, 0.2) is 36.5 Å². The second-order valence-electron chi connectivity index (χ2n) is 3.89. The van der Waals surface area contributed by atoms with Crippen molar-refractivity contribution in [1.82, 2.24) is 15.1 Å². The lowest BCUT2D eigenvalue weighted by Gasteiger charge is -2.08. The quantitative estimate of drug-likeness (QED) is 0.802. The number of halogens is 1. The number of nitrogens with zero attached hydrogens (tertiary/aromatic N) is 2. The Morgan fingerprint density at radius 2 is 2.12 bits per heavy atom. The highest BCUT2D eigenvalue weighted by Gasteiger charge is 2.08. The van der Waals surface area contributed by atoms with Crippen LogP contribution in [0, 0.1) is 5.82 Å². The summed E-state index contributed by atoms with van der Waals surface area (Å²) in [7, 11) is 1.92. The molecule has 0 aliphatic heterocycles. The van der Waals surface area contributed by atoms with Gasteiger partial charge in [0.1, 0.15) is 11.5 Å². The van der Waals surface area contributed by atoms with Gasteiger partial charge in [-0.1, -0.05) is 12.1 Å². The maximum Gasteiger partial charge on any atom is 0.148 e. The van der Waals surface area contributed by atoms with Crippen molar-refractivity contribution in [3.8, 4) is 5.69 Å². The number of nitrogens with one attached hydrogen (secondary N) is 1. The van der Waals surface area contributed by atoms with Crippen LogP contribution in [0.2, 0.25) is 0 Å². The Kier molecular flexibility index (Phi) is 3.88. The average Bonchev–Trinajstić information content (AvgIpc) is 2.78. The number of hydrogen-bond acceptors (Lipinski definition) is 2. The van der Waals surface area contributed by atoms with Gasteiger partial charge < -0.3 is 5.32 Å². The number of aryl methyl sites for hydroxylation is 1. The van der Waals surface area contributed by atoms with E-state index < -0.39 is 0 Å². The fourth-order valence-electron chi connectivity index (χ4n) is 1.81. The number of benzene rings is 1. The van der Waals surface area contributed by atoms with Gasteiger partial charge in [0.25, 0.3) is 0 Å². The van der Waals surface area contributed by atoms with Gasteiger partial charge in [-0.2, -0.15) is 5.10 Å². The summed E-state index contributed by atoms with van der Waals surface area (Å²) < 4.78 is 15.3. The van der Waals surface area contributed by atoms with E-state index in [-0.39, 0.29) is 5.82 Å². The van der Waals surface area contributed by atoms with Gasteiger partial charge in [0.2, 0.25) is 0 Å². The Morgan fingerprint density at radius 3 is 2.88 bits per heavy atom. The Morgan fingerprint density at radius 1 is 1.29 bits per heavy atom. The molecule has 0 aliphatic carbocycles. The fourth-order valence-corrected chi connectivity index (χ4v) is 1.81. The minimum atomic E-state index is -0.244. The van der Waals surface area contributed by atoms with Gasteiger partial charge in [-0.05, 0) is 44.6 Å². The monoisotopic (exact) mass is 233 g/mol. The normalized spacial score (nSPS) is 10.7.